The summed E-state index contributed by atoms with van der Waals surface area (Å²) in [5.41, 5.74) is 0.570. The minimum absolute atomic E-state index is 0.209. The Morgan fingerprint density at radius 3 is 2.56 bits per heavy atom. The number of carbonyl (C=O) groups is 1. The van der Waals surface area contributed by atoms with E-state index in [0.29, 0.717) is 12.1 Å². The zero-order valence-electron chi connectivity index (χ0n) is 9.52. The summed E-state index contributed by atoms with van der Waals surface area (Å²) in [7, 11) is 0. The van der Waals surface area contributed by atoms with E-state index in [4.69, 9.17) is 5.26 Å². The van der Waals surface area contributed by atoms with Gasteiger partial charge in [-0.1, -0.05) is 38.0 Å². The van der Waals surface area contributed by atoms with Crippen molar-refractivity contribution in [1.82, 2.24) is 4.90 Å². The number of unbranched alkanes of at least 4 members (excludes halogenated alkanes) is 2. The van der Waals surface area contributed by atoms with Crippen molar-refractivity contribution in [1.29, 1.82) is 5.26 Å². The third-order valence-electron chi connectivity index (χ3n) is 2.37. The normalized spacial score (nSPS) is 9.50. The van der Waals surface area contributed by atoms with Gasteiger partial charge in [0.2, 0.25) is 0 Å². The van der Waals surface area contributed by atoms with Crippen LogP contribution in [0.5, 0.6) is 0 Å². The lowest BCUT2D eigenvalue weighted by molar-refractivity contribution is 0.0830. The van der Waals surface area contributed by atoms with Crippen LogP contribution in [0.1, 0.15) is 36.5 Å². The quantitative estimate of drug-likeness (QED) is 0.431. The van der Waals surface area contributed by atoms with Crippen molar-refractivity contribution in [2.45, 2.75) is 26.2 Å². The van der Waals surface area contributed by atoms with Crippen molar-refractivity contribution >= 4 is 5.91 Å². The molecule has 0 N–H and O–H groups in total. The van der Waals surface area contributed by atoms with Crippen LogP contribution in [0.3, 0.4) is 0 Å². The monoisotopic (exact) mass is 216 g/mol. The van der Waals surface area contributed by atoms with E-state index in [1.807, 2.05) is 12.3 Å². The fourth-order valence-electron chi connectivity index (χ4n) is 1.45. The van der Waals surface area contributed by atoms with Gasteiger partial charge in [0.1, 0.15) is 0 Å². The van der Waals surface area contributed by atoms with Gasteiger partial charge in [0, 0.05) is 12.1 Å². The SMILES string of the molecule is CCCCCN(C#N)C(=O)c1ccccc1. The van der Waals surface area contributed by atoms with E-state index in [0.717, 1.165) is 19.3 Å². The summed E-state index contributed by atoms with van der Waals surface area (Å²) >= 11 is 0. The zero-order chi connectivity index (χ0) is 11.8. The van der Waals surface area contributed by atoms with E-state index >= 15 is 0 Å². The van der Waals surface area contributed by atoms with Crippen LogP contribution in [-0.2, 0) is 0 Å². The average Bonchev–Trinajstić information content (AvgIpc) is 2.35. The summed E-state index contributed by atoms with van der Waals surface area (Å²) in [5, 5.41) is 8.91. The molecule has 1 aromatic rings. The van der Waals surface area contributed by atoms with E-state index in [1.54, 1.807) is 24.3 Å². The number of nitrogens with zero attached hydrogens (tertiary/aromatic N) is 2. The van der Waals surface area contributed by atoms with Gasteiger partial charge in [-0.2, -0.15) is 5.26 Å². The number of carbonyl (C=O) groups excluding carboxylic acids is 1. The van der Waals surface area contributed by atoms with Gasteiger partial charge in [-0.15, -0.1) is 0 Å². The highest BCUT2D eigenvalue weighted by atomic mass is 16.2. The van der Waals surface area contributed by atoms with Gasteiger partial charge >= 0.3 is 0 Å². The van der Waals surface area contributed by atoms with E-state index in [9.17, 15) is 4.79 Å². The Balaban J connectivity index is 2.61. The van der Waals surface area contributed by atoms with E-state index < -0.39 is 0 Å². The van der Waals surface area contributed by atoms with Crippen molar-refractivity contribution < 1.29 is 4.79 Å². The van der Waals surface area contributed by atoms with Crippen LogP contribution < -0.4 is 0 Å². The minimum Gasteiger partial charge on any atom is -0.268 e. The highest BCUT2D eigenvalue weighted by molar-refractivity contribution is 5.95. The second-order valence-electron chi connectivity index (χ2n) is 3.63. The van der Waals surface area contributed by atoms with Crippen LogP contribution in [0.4, 0.5) is 0 Å². The smallest absolute Gasteiger partial charge is 0.266 e. The number of hydrogen-bond donors (Lipinski definition) is 0. The predicted molar refractivity (Wildman–Crippen MR) is 62.6 cm³/mol. The molecule has 84 valence electrons. The molecule has 0 atom stereocenters. The van der Waals surface area contributed by atoms with Gasteiger partial charge in [-0.3, -0.25) is 4.79 Å². The molecule has 0 radical (unpaired) electrons. The first-order valence-corrected chi connectivity index (χ1v) is 5.56. The Morgan fingerprint density at radius 1 is 1.31 bits per heavy atom. The lowest BCUT2D eigenvalue weighted by atomic mass is 10.2. The summed E-state index contributed by atoms with van der Waals surface area (Å²) in [6.45, 7) is 2.60. The lowest BCUT2D eigenvalue weighted by Crippen LogP contribution is -2.27. The fourth-order valence-corrected chi connectivity index (χ4v) is 1.45. The van der Waals surface area contributed by atoms with E-state index in [2.05, 4.69) is 6.92 Å². The molecule has 0 unspecified atom stereocenters. The topological polar surface area (TPSA) is 44.1 Å². The molecule has 0 spiro atoms. The number of rotatable bonds is 5. The zero-order valence-corrected chi connectivity index (χ0v) is 9.52. The first-order valence-electron chi connectivity index (χ1n) is 5.56. The molecule has 0 heterocycles. The van der Waals surface area contributed by atoms with Crippen LogP contribution in [-0.4, -0.2) is 17.4 Å². The maximum Gasteiger partial charge on any atom is 0.266 e. The van der Waals surface area contributed by atoms with E-state index in [-0.39, 0.29) is 5.91 Å². The van der Waals surface area contributed by atoms with Crippen molar-refractivity contribution in [2.24, 2.45) is 0 Å². The molecule has 3 heteroatoms. The highest BCUT2D eigenvalue weighted by Gasteiger charge is 2.13. The van der Waals surface area contributed by atoms with Crippen molar-refractivity contribution in [2.75, 3.05) is 6.54 Å². The molecule has 1 amide bonds. The largest absolute Gasteiger partial charge is 0.268 e. The van der Waals surface area contributed by atoms with Gasteiger partial charge in [0.05, 0.1) is 0 Å². The molecule has 0 saturated carbocycles. The van der Waals surface area contributed by atoms with Gasteiger partial charge in [0.15, 0.2) is 6.19 Å². The van der Waals surface area contributed by atoms with Crippen molar-refractivity contribution in [3.8, 4) is 6.19 Å². The van der Waals surface area contributed by atoms with Gasteiger partial charge < -0.3 is 0 Å². The molecule has 1 rings (SSSR count). The molecule has 0 aliphatic carbocycles. The molecule has 0 bridgehead atoms. The highest BCUT2D eigenvalue weighted by Crippen LogP contribution is 2.05. The van der Waals surface area contributed by atoms with Crippen LogP contribution >= 0.6 is 0 Å². The van der Waals surface area contributed by atoms with Crippen LogP contribution in [0, 0.1) is 11.5 Å². The third kappa shape index (κ3) is 3.39. The summed E-state index contributed by atoms with van der Waals surface area (Å²) in [4.78, 5) is 13.1. The van der Waals surface area contributed by atoms with Gasteiger partial charge in [-0.25, -0.2) is 4.90 Å². The molecular formula is C13H16N2O. The molecule has 16 heavy (non-hydrogen) atoms. The van der Waals surface area contributed by atoms with Gasteiger partial charge in [0.25, 0.3) is 5.91 Å². The average molecular weight is 216 g/mol. The maximum atomic E-state index is 11.9. The minimum atomic E-state index is -0.209. The Hall–Kier alpha value is -1.82. The Bertz CT molecular complexity index is 367. The molecule has 3 nitrogen and oxygen atoms in total. The number of benzene rings is 1. The molecule has 0 aliphatic rings. The second-order valence-corrected chi connectivity index (χ2v) is 3.63. The Kier molecular flexibility index (Phi) is 5.07. The Labute approximate surface area is 96.3 Å². The standard InChI is InChI=1S/C13H16N2O/c1-2-3-7-10-15(11-14)13(16)12-8-5-4-6-9-12/h4-6,8-9H,2-3,7,10H2,1H3. The molecular weight excluding hydrogens is 200 g/mol. The fraction of sp³-hybridized carbons (Fsp3) is 0.385. The lowest BCUT2D eigenvalue weighted by Gasteiger charge is -2.13. The predicted octanol–water partition coefficient (Wildman–Crippen LogP) is 2.80. The summed E-state index contributed by atoms with van der Waals surface area (Å²) in [6.07, 6.45) is 4.94. The molecule has 0 fully saturated rings. The number of nitriles is 1. The van der Waals surface area contributed by atoms with Crippen molar-refractivity contribution in [3.63, 3.8) is 0 Å². The van der Waals surface area contributed by atoms with Crippen molar-refractivity contribution in [3.05, 3.63) is 35.9 Å². The van der Waals surface area contributed by atoms with Crippen LogP contribution in [0.2, 0.25) is 0 Å². The third-order valence-corrected chi connectivity index (χ3v) is 2.37. The van der Waals surface area contributed by atoms with Crippen LogP contribution in [0.15, 0.2) is 30.3 Å². The molecule has 0 aliphatic heterocycles. The molecule has 0 saturated heterocycles. The second kappa shape index (κ2) is 6.62. The van der Waals surface area contributed by atoms with Crippen LogP contribution in [0.25, 0.3) is 0 Å². The first kappa shape index (κ1) is 12.3. The van der Waals surface area contributed by atoms with E-state index in [1.165, 1.54) is 4.90 Å². The first-order chi connectivity index (χ1) is 7.79. The summed E-state index contributed by atoms with van der Waals surface area (Å²) < 4.78 is 0. The summed E-state index contributed by atoms with van der Waals surface area (Å²) in [6, 6.07) is 8.91. The Morgan fingerprint density at radius 2 is 2.00 bits per heavy atom. The molecule has 1 aromatic carbocycles. The van der Waals surface area contributed by atoms with Gasteiger partial charge in [-0.05, 0) is 18.6 Å². The molecule has 0 aromatic heterocycles. The number of hydrogen-bond acceptors (Lipinski definition) is 2. The number of amides is 1. The summed E-state index contributed by atoms with van der Waals surface area (Å²) in [5.74, 6) is -0.209. The maximum absolute atomic E-state index is 11.9.